The van der Waals surface area contributed by atoms with E-state index in [0.717, 1.165) is 32.7 Å². The van der Waals surface area contributed by atoms with Crippen LogP contribution in [0.2, 0.25) is 0 Å². The first-order chi connectivity index (χ1) is 11.7. The average Bonchev–Trinajstić information content (AvgIpc) is 2.61. The minimum absolute atomic E-state index is 0.0128. The SMILES string of the molecule is CCN1CCN(C(=O)c2cncc(Nc3cccc(F)c3)c2)CC1. The average molecular weight is 328 g/mol. The molecule has 24 heavy (non-hydrogen) atoms. The van der Waals surface area contributed by atoms with E-state index in [-0.39, 0.29) is 11.7 Å². The molecule has 1 saturated heterocycles. The first-order valence-corrected chi connectivity index (χ1v) is 8.15. The highest BCUT2D eigenvalue weighted by Gasteiger charge is 2.21. The molecule has 6 heteroatoms. The Hall–Kier alpha value is -2.47. The number of likely N-dealkylation sites (N-methyl/N-ethyl adjacent to an activating group) is 1. The Morgan fingerprint density at radius 1 is 1.17 bits per heavy atom. The molecular weight excluding hydrogens is 307 g/mol. The van der Waals surface area contributed by atoms with Gasteiger partial charge in [-0.25, -0.2) is 4.39 Å². The minimum Gasteiger partial charge on any atom is -0.354 e. The molecule has 0 spiro atoms. The molecule has 0 atom stereocenters. The van der Waals surface area contributed by atoms with Crippen LogP contribution in [0.3, 0.4) is 0 Å². The number of benzene rings is 1. The topological polar surface area (TPSA) is 48.5 Å². The van der Waals surface area contributed by atoms with Crippen molar-refractivity contribution in [3.63, 3.8) is 0 Å². The summed E-state index contributed by atoms with van der Waals surface area (Å²) in [5, 5.41) is 3.08. The van der Waals surface area contributed by atoms with Crippen LogP contribution in [0.1, 0.15) is 17.3 Å². The molecule has 0 bridgehead atoms. The van der Waals surface area contributed by atoms with Crippen LogP contribution in [0.4, 0.5) is 15.8 Å². The molecule has 126 valence electrons. The highest BCUT2D eigenvalue weighted by molar-refractivity contribution is 5.95. The van der Waals surface area contributed by atoms with Crippen molar-refractivity contribution >= 4 is 17.3 Å². The zero-order valence-electron chi connectivity index (χ0n) is 13.7. The standard InChI is InChI=1S/C18H21FN4O/c1-2-22-6-8-23(9-7-22)18(24)14-10-17(13-20-12-14)21-16-5-3-4-15(19)11-16/h3-5,10-13,21H,2,6-9H2,1H3. The maximum atomic E-state index is 13.3. The zero-order valence-corrected chi connectivity index (χ0v) is 13.7. The second-order valence-corrected chi connectivity index (χ2v) is 5.82. The Morgan fingerprint density at radius 2 is 1.96 bits per heavy atom. The molecular formula is C18H21FN4O. The Balaban J connectivity index is 1.69. The van der Waals surface area contributed by atoms with Gasteiger partial charge in [0.1, 0.15) is 5.82 Å². The monoisotopic (exact) mass is 328 g/mol. The number of piperazine rings is 1. The summed E-state index contributed by atoms with van der Waals surface area (Å²) >= 11 is 0. The molecule has 5 nitrogen and oxygen atoms in total. The molecule has 1 aliphatic rings. The van der Waals surface area contributed by atoms with Crippen molar-refractivity contribution in [2.75, 3.05) is 38.0 Å². The third-order valence-electron chi connectivity index (χ3n) is 4.21. The second-order valence-electron chi connectivity index (χ2n) is 5.82. The Bertz CT molecular complexity index is 714. The first-order valence-electron chi connectivity index (χ1n) is 8.15. The van der Waals surface area contributed by atoms with Crippen LogP contribution in [0.5, 0.6) is 0 Å². The largest absolute Gasteiger partial charge is 0.354 e. The van der Waals surface area contributed by atoms with Crippen molar-refractivity contribution in [2.24, 2.45) is 0 Å². The van der Waals surface area contributed by atoms with E-state index in [4.69, 9.17) is 0 Å². The van der Waals surface area contributed by atoms with Crippen LogP contribution < -0.4 is 5.32 Å². The van der Waals surface area contributed by atoms with E-state index in [0.29, 0.717) is 16.9 Å². The molecule has 3 rings (SSSR count). The molecule has 1 aliphatic heterocycles. The number of pyridine rings is 1. The maximum absolute atomic E-state index is 13.3. The van der Waals surface area contributed by atoms with E-state index in [1.807, 2.05) is 4.90 Å². The maximum Gasteiger partial charge on any atom is 0.255 e. The molecule has 0 unspecified atom stereocenters. The second kappa shape index (κ2) is 7.40. The van der Waals surface area contributed by atoms with Crippen LogP contribution >= 0.6 is 0 Å². The number of amides is 1. The number of rotatable bonds is 4. The van der Waals surface area contributed by atoms with Gasteiger partial charge in [0.05, 0.1) is 17.4 Å². The fourth-order valence-electron chi connectivity index (χ4n) is 2.81. The Kier molecular flexibility index (Phi) is 5.05. The van der Waals surface area contributed by atoms with Gasteiger partial charge in [0.25, 0.3) is 5.91 Å². The van der Waals surface area contributed by atoms with E-state index in [2.05, 4.69) is 22.1 Å². The fraction of sp³-hybridized carbons (Fsp3) is 0.333. The van der Waals surface area contributed by atoms with Gasteiger partial charge in [-0.2, -0.15) is 0 Å². The molecule has 2 aromatic rings. The molecule has 1 aromatic heterocycles. The lowest BCUT2D eigenvalue weighted by Crippen LogP contribution is -2.48. The number of carbonyl (C=O) groups excluding carboxylic acids is 1. The van der Waals surface area contributed by atoms with Crippen LogP contribution in [0, 0.1) is 5.82 Å². The van der Waals surface area contributed by atoms with Gasteiger partial charge < -0.3 is 15.1 Å². The number of aromatic nitrogens is 1. The van der Waals surface area contributed by atoms with Crippen molar-refractivity contribution < 1.29 is 9.18 Å². The lowest BCUT2D eigenvalue weighted by molar-refractivity contribution is 0.0643. The highest BCUT2D eigenvalue weighted by Crippen LogP contribution is 2.18. The van der Waals surface area contributed by atoms with Crippen molar-refractivity contribution in [2.45, 2.75) is 6.92 Å². The highest BCUT2D eigenvalue weighted by atomic mass is 19.1. The number of nitrogens with zero attached hydrogens (tertiary/aromatic N) is 3. The van der Waals surface area contributed by atoms with Gasteiger partial charge in [0.15, 0.2) is 0 Å². The normalized spacial score (nSPS) is 15.3. The van der Waals surface area contributed by atoms with E-state index in [9.17, 15) is 9.18 Å². The summed E-state index contributed by atoms with van der Waals surface area (Å²) in [4.78, 5) is 20.9. The Labute approximate surface area is 141 Å². The van der Waals surface area contributed by atoms with Crippen LogP contribution in [-0.4, -0.2) is 53.4 Å². The number of anilines is 2. The van der Waals surface area contributed by atoms with E-state index < -0.39 is 0 Å². The number of carbonyl (C=O) groups is 1. The summed E-state index contributed by atoms with van der Waals surface area (Å²) in [6.07, 6.45) is 3.20. The van der Waals surface area contributed by atoms with Gasteiger partial charge in [0, 0.05) is 38.1 Å². The summed E-state index contributed by atoms with van der Waals surface area (Å²) in [6.45, 7) is 6.40. The molecule has 1 aromatic carbocycles. The quantitative estimate of drug-likeness (QED) is 0.937. The van der Waals surface area contributed by atoms with E-state index >= 15 is 0 Å². The molecule has 0 saturated carbocycles. The third-order valence-corrected chi connectivity index (χ3v) is 4.21. The fourth-order valence-corrected chi connectivity index (χ4v) is 2.81. The summed E-state index contributed by atoms with van der Waals surface area (Å²) in [5.41, 5.74) is 1.83. The predicted octanol–water partition coefficient (Wildman–Crippen LogP) is 2.74. The lowest BCUT2D eigenvalue weighted by Gasteiger charge is -2.34. The summed E-state index contributed by atoms with van der Waals surface area (Å²) in [7, 11) is 0. The summed E-state index contributed by atoms with van der Waals surface area (Å²) in [5.74, 6) is -0.324. The Morgan fingerprint density at radius 3 is 2.67 bits per heavy atom. The van der Waals surface area contributed by atoms with Crippen LogP contribution in [0.25, 0.3) is 0 Å². The molecule has 2 heterocycles. The van der Waals surface area contributed by atoms with Gasteiger partial charge in [-0.1, -0.05) is 13.0 Å². The molecule has 1 amide bonds. The first kappa shape index (κ1) is 16.4. The lowest BCUT2D eigenvalue weighted by atomic mass is 10.2. The smallest absolute Gasteiger partial charge is 0.255 e. The molecule has 0 aliphatic carbocycles. The number of hydrogen-bond acceptors (Lipinski definition) is 4. The van der Waals surface area contributed by atoms with Crippen molar-refractivity contribution in [3.8, 4) is 0 Å². The van der Waals surface area contributed by atoms with Gasteiger partial charge in [0.2, 0.25) is 0 Å². The minimum atomic E-state index is -0.311. The van der Waals surface area contributed by atoms with Crippen molar-refractivity contribution in [1.29, 1.82) is 0 Å². The van der Waals surface area contributed by atoms with Gasteiger partial charge >= 0.3 is 0 Å². The zero-order chi connectivity index (χ0) is 16.9. The van der Waals surface area contributed by atoms with E-state index in [1.54, 1.807) is 30.6 Å². The van der Waals surface area contributed by atoms with Crippen molar-refractivity contribution in [1.82, 2.24) is 14.8 Å². The third kappa shape index (κ3) is 3.89. The van der Waals surface area contributed by atoms with Gasteiger partial charge in [-0.15, -0.1) is 0 Å². The van der Waals surface area contributed by atoms with Gasteiger partial charge in [-0.05, 0) is 30.8 Å². The summed E-state index contributed by atoms with van der Waals surface area (Å²) in [6, 6.07) is 7.94. The summed E-state index contributed by atoms with van der Waals surface area (Å²) < 4.78 is 13.3. The van der Waals surface area contributed by atoms with Crippen molar-refractivity contribution in [3.05, 3.63) is 54.1 Å². The van der Waals surface area contributed by atoms with E-state index in [1.165, 1.54) is 12.1 Å². The van der Waals surface area contributed by atoms with Crippen LogP contribution in [0.15, 0.2) is 42.7 Å². The number of nitrogens with one attached hydrogen (secondary N) is 1. The number of hydrogen-bond donors (Lipinski definition) is 1. The van der Waals surface area contributed by atoms with Crippen LogP contribution in [-0.2, 0) is 0 Å². The van der Waals surface area contributed by atoms with Gasteiger partial charge in [-0.3, -0.25) is 9.78 Å². The molecule has 1 fully saturated rings. The number of halogens is 1. The predicted molar refractivity (Wildman–Crippen MR) is 91.9 cm³/mol. The molecule has 0 radical (unpaired) electrons. The molecule has 1 N–H and O–H groups in total.